The topological polar surface area (TPSA) is 94.1 Å². The van der Waals surface area contributed by atoms with Gasteiger partial charge in [-0.3, -0.25) is 19.3 Å². The fraction of sp³-hybridized carbons (Fsp3) is 0.231. The van der Waals surface area contributed by atoms with E-state index in [0.29, 0.717) is 22.6 Å². The monoisotopic (exact) mass is 273 g/mol. The summed E-state index contributed by atoms with van der Waals surface area (Å²) in [5.74, 6) is -0.710. The predicted molar refractivity (Wildman–Crippen MR) is 73.0 cm³/mol. The number of nitrogens with two attached hydrogens (primary N) is 1. The van der Waals surface area contributed by atoms with Crippen LogP contribution >= 0.6 is 0 Å². The van der Waals surface area contributed by atoms with Crippen molar-refractivity contribution in [2.75, 3.05) is 14.1 Å². The summed E-state index contributed by atoms with van der Waals surface area (Å²) in [5, 5.41) is 4.16. The van der Waals surface area contributed by atoms with Gasteiger partial charge in [0.25, 0.3) is 5.91 Å². The summed E-state index contributed by atoms with van der Waals surface area (Å²) in [5.41, 5.74) is 7.14. The van der Waals surface area contributed by atoms with Crippen molar-refractivity contribution >= 4 is 11.8 Å². The van der Waals surface area contributed by atoms with Crippen molar-refractivity contribution in [1.29, 1.82) is 0 Å². The molecule has 0 saturated heterocycles. The van der Waals surface area contributed by atoms with Crippen molar-refractivity contribution in [1.82, 2.24) is 19.7 Å². The second kappa shape index (κ2) is 5.12. The molecule has 0 aromatic carbocycles. The maximum Gasteiger partial charge on any atom is 0.273 e. The van der Waals surface area contributed by atoms with Gasteiger partial charge in [-0.05, 0) is 18.2 Å². The maximum atomic E-state index is 11.9. The first-order valence-corrected chi connectivity index (χ1v) is 5.92. The molecule has 2 heterocycles. The Balaban J connectivity index is 2.38. The highest BCUT2D eigenvalue weighted by Gasteiger charge is 2.16. The van der Waals surface area contributed by atoms with Crippen LogP contribution in [0.15, 0.2) is 24.4 Å². The molecule has 0 spiro atoms. The van der Waals surface area contributed by atoms with Crippen molar-refractivity contribution < 1.29 is 9.59 Å². The minimum absolute atomic E-state index is 0.180. The van der Waals surface area contributed by atoms with E-state index in [0.717, 1.165) is 0 Å². The Hall–Kier alpha value is -2.70. The fourth-order valence-electron chi connectivity index (χ4n) is 1.73. The van der Waals surface area contributed by atoms with Gasteiger partial charge in [0.2, 0.25) is 5.91 Å². The lowest BCUT2D eigenvalue weighted by Gasteiger charge is -2.06. The molecule has 0 unspecified atom stereocenters. The molecule has 0 radical (unpaired) electrons. The van der Waals surface area contributed by atoms with Crippen LogP contribution in [0.4, 0.5) is 0 Å². The van der Waals surface area contributed by atoms with Crippen LogP contribution in [-0.2, 0) is 7.05 Å². The van der Waals surface area contributed by atoms with E-state index in [1.807, 2.05) is 0 Å². The third-order valence-corrected chi connectivity index (χ3v) is 2.82. The molecule has 2 rings (SSSR count). The van der Waals surface area contributed by atoms with E-state index in [1.165, 1.54) is 11.1 Å². The van der Waals surface area contributed by atoms with Gasteiger partial charge in [-0.2, -0.15) is 5.10 Å². The number of rotatable bonds is 3. The largest absolute Gasteiger partial charge is 0.366 e. The van der Waals surface area contributed by atoms with Crippen LogP contribution in [0, 0.1) is 0 Å². The molecule has 0 bridgehead atoms. The molecule has 0 saturated carbocycles. The van der Waals surface area contributed by atoms with Gasteiger partial charge >= 0.3 is 0 Å². The van der Waals surface area contributed by atoms with E-state index in [-0.39, 0.29) is 5.91 Å². The minimum Gasteiger partial charge on any atom is -0.366 e. The Bertz CT molecular complexity index is 658. The van der Waals surface area contributed by atoms with E-state index < -0.39 is 5.91 Å². The number of amides is 2. The fourth-order valence-corrected chi connectivity index (χ4v) is 1.73. The Morgan fingerprint density at radius 3 is 2.50 bits per heavy atom. The molecule has 104 valence electrons. The SMILES string of the molecule is CN(C)C(=O)c1cc(-c2ccc(C(N)=O)cn2)n(C)n1. The van der Waals surface area contributed by atoms with Gasteiger partial charge in [-0.25, -0.2) is 0 Å². The standard InChI is InChI=1S/C13H15N5O2/c1-17(2)13(20)10-6-11(18(3)16-10)9-5-4-8(7-15-9)12(14)19/h4-7H,1-3H3,(H2,14,19). The van der Waals surface area contributed by atoms with Crippen LogP contribution in [0.25, 0.3) is 11.4 Å². The average Bonchev–Trinajstić information content (AvgIpc) is 2.79. The Kier molecular flexibility index (Phi) is 3.51. The summed E-state index contributed by atoms with van der Waals surface area (Å²) in [6.45, 7) is 0. The zero-order valence-corrected chi connectivity index (χ0v) is 11.5. The van der Waals surface area contributed by atoms with E-state index in [1.54, 1.807) is 44.0 Å². The highest BCUT2D eigenvalue weighted by atomic mass is 16.2. The number of pyridine rings is 1. The molecule has 0 aliphatic heterocycles. The summed E-state index contributed by atoms with van der Waals surface area (Å²) >= 11 is 0. The zero-order valence-electron chi connectivity index (χ0n) is 11.5. The molecule has 2 amide bonds. The second-order valence-electron chi connectivity index (χ2n) is 4.53. The summed E-state index contributed by atoms with van der Waals surface area (Å²) in [7, 11) is 5.05. The van der Waals surface area contributed by atoms with E-state index >= 15 is 0 Å². The number of hydrogen-bond donors (Lipinski definition) is 1. The van der Waals surface area contributed by atoms with Crippen molar-refractivity contribution in [3.8, 4) is 11.4 Å². The van der Waals surface area contributed by atoms with Crippen molar-refractivity contribution in [2.24, 2.45) is 12.8 Å². The number of aromatic nitrogens is 3. The molecule has 0 atom stereocenters. The van der Waals surface area contributed by atoms with Gasteiger partial charge in [0.1, 0.15) is 0 Å². The van der Waals surface area contributed by atoms with Gasteiger partial charge in [0.15, 0.2) is 5.69 Å². The summed E-state index contributed by atoms with van der Waals surface area (Å²) in [6, 6.07) is 4.92. The van der Waals surface area contributed by atoms with Crippen LogP contribution < -0.4 is 5.73 Å². The minimum atomic E-state index is -0.530. The Morgan fingerprint density at radius 2 is 2.00 bits per heavy atom. The van der Waals surface area contributed by atoms with Crippen molar-refractivity contribution in [3.63, 3.8) is 0 Å². The smallest absolute Gasteiger partial charge is 0.273 e. The molecule has 2 aromatic rings. The molecule has 0 aliphatic rings. The number of hydrogen-bond acceptors (Lipinski definition) is 4. The molecular weight excluding hydrogens is 258 g/mol. The molecule has 2 aromatic heterocycles. The van der Waals surface area contributed by atoms with Gasteiger partial charge in [0, 0.05) is 27.3 Å². The van der Waals surface area contributed by atoms with Gasteiger partial charge in [-0.1, -0.05) is 0 Å². The second-order valence-corrected chi connectivity index (χ2v) is 4.53. The lowest BCUT2D eigenvalue weighted by molar-refractivity contribution is 0.0821. The molecule has 7 nitrogen and oxygen atoms in total. The van der Waals surface area contributed by atoms with Crippen LogP contribution in [0.2, 0.25) is 0 Å². The molecule has 0 aliphatic carbocycles. The number of aryl methyl sites for hydroxylation is 1. The first-order valence-electron chi connectivity index (χ1n) is 5.92. The zero-order chi connectivity index (χ0) is 14.9. The maximum absolute atomic E-state index is 11.9. The number of nitrogens with zero attached hydrogens (tertiary/aromatic N) is 4. The van der Waals surface area contributed by atoms with E-state index in [2.05, 4.69) is 10.1 Å². The van der Waals surface area contributed by atoms with Crippen molar-refractivity contribution in [3.05, 3.63) is 35.7 Å². The number of primary amides is 1. The highest BCUT2D eigenvalue weighted by Crippen LogP contribution is 2.18. The summed E-state index contributed by atoms with van der Waals surface area (Å²) in [6.07, 6.45) is 1.40. The first-order chi connectivity index (χ1) is 9.40. The summed E-state index contributed by atoms with van der Waals surface area (Å²) < 4.78 is 1.57. The quantitative estimate of drug-likeness (QED) is 0.869. The summed E-state index contributed by atoms with van der Waals surface area (Å²) in [4.78, 5) is 28.5. The Labute approximate surface area is 116 Å². The normalized spacial score (nSPS) is 10.3. The third-order valence-electron chi connectivity index (χ3n) is 2.82. The van der Waals surface area contributed by atoms with Crippen LogP contribution in [0.3, 0.4) is 0 Å². The van der Waals surface area contributed by atoms with Crippen molar-refractivity contribution in [2.45, 2.75) is 0 Å². The van der Waals surface area contributed by atoms with Gasteiger partial charge in [0.05, 0.1) is 17.0 Å². The lowest BCUT2D eigenvalue weighted by Crippen LogP contribution is -2.22. The van der Waals surface area contributed by atoms with E-state index in [4.69, 9.17) is 5.73 Å². The molecule has 2 N–H and O–H groups in total. The van der Waals surface area contributed by atoms with E-state index in [9.17, 15) is 9.59 Å². The third kappa shape index (κ3) is 2.51. The first kappa shape index (κ1) is 13.7. The van der Waals surface area contributed by atoms with Crippen LogP contribution in [0.1, 0.15) is 20.8 Å². The number of carbonyl (C=O) groups excluding carboxylic acids is 2. The Morgan fingerprint density at radius 1 is 1.30 bits per heavy atom. The molecular formula is C13H15N5O2. The van der Waals surface area contributed by atoms with Gasteiger partial charge < -0.3 is 10.6 Å². The van der Waals surface area contributed by atoms with Crippen LogP contribution in [0.5, 0.6) is 0 Å². The van der Waals surface area contributed by atoms with Gasteiger partial charge in [-0.15, -0.1) is 0 Å². The van der Waals surface area contributed by atoms with Crippen LogP contribution in [-0.4, -0.2) is 45.6 Å². The predicted octanol–water partition coefficient (Wildman–Crippen LogP) is 0.283. The lowest BCUT2D eigenvalue weighted by atomic mass is 10.2. The molecule has 0 fully saturated rings. The average molecular weight is 273 g/mol. The molecule has 20 heavy (non-hydrogen) atoms. The molecule has 7 heteroatoms. The number of carbonyl (C=O) groups is 2. The highest BCUT2D eigenvalue weighted by molar-refractivity contribution is 5.93.